The molecule has 5 nitrogen and oxygen atoms in total. The monoisotopic (exact) mass is 247 g/mol. The van der Waals surface area contributed by atoms with Crippen molar-refractivity contribution in [3.63, 3.8) is 0 Å². The van der Waals surface area contributed by atoms with Gasteiger partial charge in [-0.1, -0.05) is 12.1 Å². The van der Waals surface area contributed by atoms with E-state index >= 15 is 0 Å². The number of methoxy groups -OCH3 is 1. The number of para-hydroxylation sites is 1. The van der Waals surface area contributed by atoms with Gasteiger partial charge in [-0.2, -0.15) is 5.10 Å². The Bertz CT molecular complexity index is 523. The predicted molar refractivity (Wildman–Crippen MR) is 68.4 cm³/mol. The molecule has 2 N–H and O–H groups in total. The van der Waals surface area contributed by atoms with Crippen LogP contribution in [-0.2, 0) is 20.1 Å². The molecule has 0 saturated heterocycles. The highest BCUT2D eigenvalue weighted by Gasteiger charge is 2.06. The number of aryl methyl sites for hydroxylation is 1. The lowest BCUT2D eigenvalue weighted by molar-refractivity contribution is 0.369. The lowest BCUT2D eigenvalue weighted by Gasteiger charge is -2.09. The number of nitrogens with zero attached hydrogens (tertiary/aromatic N) is 2. The summed E-state index contributed by atoms with van der Waals surface area (Å²) < 4.78 is 6.82. The van der Waals surface area contributed by atoms with Gasteiger partial charge in [-0.15, -0.1) is 0 Å². The van der Waals surface area contributed by atoms with Gasteiger partial charge in [-0.25, -0.2) is 0 Å². The second-order valence-corrected chi connectivity index (χ2v) is 4.05. The zero-order valence-electron chi connectivity index (χ0n) is 10.6. The highest BCUT2D eigenvalue weighted by atomic mass is 16.5. The van der Waals surface area contributed by atoms with Crippen molar-refractivity contribution in [2.24, 2.45) is 7.05 Å². The number of aromatic nitrogens is 2. The van der Waals surface area contributed by atoms with Gasteiger partial charge in [-0.3, -0.25) is 4.68 Å². The summed E-state index contributed by atoms with van der Waals surface area (Å²) >= 11 is 0. The number of hydrogen-bond donors (Lipinski definition) is 2. The highest BCUT2D eigenvalue weighted by molar-refractivity contribution is 5.45. The van der Waals surface area contributed by atoms with Gasteiger partial charge in [-0.05, 0) is 12.1 Å². The third-order valence-electron chi connectivity index (χ3n) is 2.69. The molecule has 2 aromatic rings. The predicted octanol–water partition coefficient (Wildman–Crippen LogP) is 1.42. The van der Waals surface area contributed by atoms with Crippen molar-refractivity contribution in [1.82, 2.24) is 15.1 Å². The van der Waals surface area contributed by atoms with E-state index in [9.17, 15) is 5.11 Å². The standard InChI is InChI=1S/C13H17N3O2/c1-16-7-6-11(15-16)9-14-8-10-4-3-5-12(18-2)13(10)17/h3-7,14,17H,8-9H2,1-2H3. The molecule has 0 fully saturated rings. The molecule has 0 saturated carbocycles. The molecule has 0 amide bonds. The van der Waals surface area contributed by atoms with Crippen molar-refractivity contribution >= 4 is 0 Å². The van der Waals surface area contributed by atoms with Crippen molar-refractivity contribution < 1.29 is 9.84 Å². The molecule has 0 atom stereocenters. The molecule has 2 rings (SSSR count). The van der Waals surface area contributed by atoms with Crippen LogP contribution >= 0.6 is 0 Å². The van der Waals surface area contributed by atoms with Crippen molar-refractivity contribution in [2.45, 2.75) is 13.1 Å². The van der Waals surface area contributed by atoms with Gasteiger partial charge in [0.05, 0.1) is 12.8 Å². The van der Waals surface area contributed by atoms with Gasteiger partial charge in [0.25, 0.3) is 0 Å². The van der Waals surface area contributed by atoms with Crippen molar-refractivity contribution in [1.29, 1.82) is 0 Å². The first-order valence-corrected chi connectivity index (χ1v) is 5.75. The minimum Gasteiger partial charge on any atom is -0.504 e. The summed E-state index contributed by atoms with van der Waals surface area (Å²) in [4.78, 5) is 0. The van der Waals surface area contributed by atoms with E-state index in [1.807, 2.05) is 31.4 Å². The van der Waals surface area contributed by atoms with Gasteiger partial charge in [0.15, 0.2) is 11.5 Å². The maximum atomic E-state index is 9.91. The molecule has 5 heteroatoms. The Morgan fingerprint density at radius 1 is 1.33 bits per heavy atom. The minimum atomic E-state index is 0.188. The third-order valence-corrected chi connectivity index (χ3v) is 2.69. The summed E-state index contributed by atoms with van der Waals surface area (Å²) in [6.45, 7) is 1.23. The quantitative estimate of drug-likeness (QED) is 0.839. The average molecular weight is 247 g/mol. The Hall–Kier alpha value is -2.01. The number of benzene rings is 1. The van der Waals surface area contributed by atoms with Crippen LogP contribution in [0.5, 0.6) is 11.5 Å². The van der Waals surface area contributed by atoms with Gasteiger partial charge >= 0.3 is 0 Å². The van der Waals surface area contributed by atoms with Gasteiger partial charge in [0.2, 0.25) is 0 Å². The first-order valence-electron chi connectivity index (χ1n) is 5.75. The van der Waals surface area contributed by atoms with Crippen molar-refractivity contribution in [3.8, 4) is 11.5 Å². The van der Waals surface area contributed by atoms with E-state index in [1.165, 1.54) is 0 Å². The second kappa shape index (κ2) is 5.55. The SMILES string of the molecule is COc1cccc(CNCc2ccn(C)n2)c1O. The molecule has 0 unspecified atom stereocenters. The largest absolute Gasteiger partial charge is 0.504 e. The van der Waals surface area contributed by atoms with Crippen LogP contribution in [0, 0.1) is 0 Å². The van der Waals surface area contributed by atoms with Crippen LogP contribution in [0.1, 0.15) is 11.3 Å². The molecule has 0 bridgehead atoms. The van der Waals surface area contributed by atoms with Gasteiger partial charge in [0.1, 0.15) is 0 Å². The van der Waals surface area contributed by atoms with E-state index in [-0.39, 0.29) is 5.75 Å². The number of hydrogen-bond acceptors (Lipinski definition) is 4. The fraction of sp³-hybridized carbons (Fsp3) is 0.308. The summed E-state index contributed by atoms with van der Waals surface area (Å²) in [5.41, 5.74) is 1.78. The molecule has 96 valence electrons. The van der Waals surface area contributed by atoms with E-state index in [1.54, 1.807) is 17.9 Å². The summed E-state index contributed by atoms with van der Waals surface area (Å²) in [6, 6.07) is 7.41. The Labute approximate surface area is 106 Å². The molecule has 0 aliphatic carbocycles. The van der Waals surface area contributed by atoms with Crippen molar-refractivity contribution in [2.75, 3.05) is 7.11 Å². The van der Waals surface area contributed by atoms with Crippen LogP contribution in [-0.4, -0.2) is 22.0 Å². The Morgan fingerprint density at radius 3 is 2.83 bits per heavy atom. The number of aromatic hydroxyl groups is 1. The summed E-state index contributed by atoms with van der Waals surface area (Å²) in [5, 5.41) is 17.4. The molecule has 0 radical (unpaired) electrons. The van der Waals surface area contributed by atoms with Crippen LogP contribution in [0.4, 0.5) is 0 Å². The van der Waals surface area contributed by atoms with Gasteiger partial charge < -0.3 is 15.2 Å². The summed E-state index contributed by atoms with van der Waals surface area (Å²) in [6.07, 6.45) is 1.90. The average Bonchev–Trinajstić information content (AvgIpc) is 2.77. The number of nitrogens with one attached hydrogen (secondary N) is 1. The Balaban J connectivity index is 1.94. The zero-order chi connectivity index (χ0) is 13.0. The minimum absolute atomic E-state index is 0.188. The number of rotatable bonds is 5. The highest BCUT2D eigenvalue weighted by Crippen LogP contribution is 2.29. The van der Waals surface area contributed by atoms with E-state index in [2.05, 4.69) is 10.4 Å². The molecular weight excluding hydrogens is 230 g/mol. The molecule has 18 heavy (non-hydrogen) atoms. The second-order valence-electron chi connectivity index (χ2n) is 4.05. The fourth-order valence-electron chi connectivity index (χ4n) is 1.76. The number of phenolic OH excluding ortho intramolecular Hbond substituents is 1. The Kier molecular flexibility index (Phi) is 3.84. The summed E-state index contributed by atoms with van der Waals surface area (Å²) in [5.74, 6) is 0.681. The van der Waals surface area contributed by atoms with Crippen LogP contribution < -0.4 is 10.1 Å². The topological polar surface area (TPSA) is 59.3 Å². The molecule has 0 aliphatic heterocycles. The molecule has 1 aromatic carbocycles. The molecule has 0 aliphatic rings. The molecule has 0 spiro atoms. The molecule has 1 heterocycles. The first kappa shape index (κ1) is 12.4. The van der Waals surface area contributed by atoms with Crippen LogP contribution in [0.3, 0.4) is 0 Å². The van der Waals surface area contributed by atoms with Crippen LogP contribution in [0.15, 0.2) is 30.5 Å². The number of phenols is 1. The first-order chi connectivity index (χ1) is 8.70. The van der Waals surface area contributed by atoms with Crippen LogP contribution in [0.2, 0.25) is 0 Å². The smallest absolute Gasteiger partial charge is 0.162 e. The zero-order valence-corrected chi connectivity index (χ0v) is 10.6. The van der Waals surface area contributed by atoms with E-state index in [0.717, 1.165) is 11.3 Å². The van der Waals surface area contributed by atoms with Crippen LogP contribution in [0.25, 0.3) is 0 Å². The molecule has 1 aromatic heterocycles. The maximum absolute atomic E-state index is 9.91. The lowest BCUT2D eigenvalue weighted by Crippen LogP contribution is -2.13. The van der Waals surface area contributed by atoms with E-state index in [4.69, 9.17) is 4.74 Å². The normalized spacial score (nSPS) is 10.6. The molecular formula is C13H17N3O2. The maximum Gasteiger partial charge on any atom is 0.162 e. The van der Waals surface area contributed by atoms with E-state index in [0.29, 0.717) is 18.8 Å². The summed E-state index contributed by atoms with van der Waals surface area (Å²) in [7, 11) is 3.43. The third kappa shape index (κ3) is 2.81. The van der Waals surface area contributed by atoms with Crippen molar-refractivity contribution in [3.05, 3.63) is 41.7 Å². The van der Waals surface area contributed by atoms with E-state index < -0.39 is 0 Å². The fourth-order valence-corrected chi connectivity index (χ4v) is 1.76. The lowest BCUT2D eigenvalue weighted by atomic mass is 10.2. The Morgan fingerprint density at radius 2 is 2.17 bits per heavy atom. The number of ether oxygens (including phenoxy) is 1. The van der Waals surface area contributed by atoms with Gasteiger partial charge in [0, 0.05) is 31.9 Å².